The summed E-state index contributed by atoms with van der Waals surface area (Å²) in [7, 11) is 0. The number of hydrogen-bond donors (Lipinski definition) is 1. The number of nitrogens with one attached hydrogen (secondary N) is 1. The fraction of sp³-hybridized carbons (Fsp3) is 0.450. The van der Waals surface area contributed by atoms with E-state index in [2.05, 4.69) is 10.1 Å². The molecule has 0 saturated carbocycles. The largest absolute Gasteiger partial charge is 0.444 e. The third-order valence-corrected chi connectivity index (χ3v) is 4.97. The summed E-state index contributed by atoms with van der Waals surface area (Å²) in [4.78, 5) is 29.7. The Hall–Kier alpha value is -2.90. The van der Waals surface area contributed by atoms with Gasteiger partial charge < -0.3 is 14.6 Å². The molecule has 1 fully saturated rings. The number of aromatic amines is 1. The van der Waals surface area contributed by atoms with Crippen molar-refractivity contribution in [3.63, 3.8) is 0 Å². The second-order valence-electron chi connectivity index (χ2n) is 8.23. The van der Waals surface area contributed by atoms with Crippen molar-refractivity contribution in [2.45, 2.75) is 45.1 Å². The standard InChI is InChI=1S/C20H23FN4O3/c1-20(2,3)28-19(27)24-8-6-12(7-9-24)16-11-17(26)25-18(22-16)14-10-13(21)4-5-15(14)23-25/h4-5,10-12,22H,6-9H2,1-3H3. The third-order valence-electron chi connectivity index (χ3n) is 4.97. The minimum atomic E-state index is -0.525. The lowest BCUT2D eigenvalue weighted by Crippen LogP contribution is -2.41. The first-order valence-electron chi connectivity index (χ1n) is 9.40. The van der Waals surface area contributed by atoms with E-state index in [1.807, 2.05) is 20.8 Å². The summed E-state index contributed by atoms with van der Waals surface area (Å²) in [5, 5.41) is 4.82. The van der Waals surface area contributed by atoms with E-state index in [9.17, 15) is 14.0 Å². The van der Waals surface area contributed by atoms with E-state index >= 15 is 0 Å². The first-order valence-corrected chi connectivity index (χ1v) is 9.40. The van der Waals surface area contributed by atoms with Crippen LogP contribution in [0.15, 0.2) is 29.1 Å². The number of ether oxygens (including phenoxy) is 1. The molecule has 0 radical (unpaired) electrons. The number of piperidine rings is 1. The summed E-state index contributed by atoms with van der Waals surface area (Å²) in [5.41, 5.74) is 1.06. The second kappa shape index (κ2) is 6.61. The van der Waals surface area contributed by atoms with Gasteiger partial charge in [0.1, 0.15) is 17.1 Å². The molecule has 1 N–H and O–H groups in total. The number of aromatic nitrogens is 3. The number of hydrogen-bond acceptors (Lipinski definition) is 4. The Kier molecular flexibility index (Phi) is 4.36. The van der Waals surface area contributed by atoms with Gasteiger partial charge in [-0.2, -0.15) is 9.61 Å². The number of likely N-dealkylation sites (tertiary alicyclic amines) is 1. The Labute approximate surface area is 161 Å². The summed E-state index contributed by atoms with van der Waals surface area (Å²) in [6.07, 6.45) is 1.12. The van der Waals surface area contributed by atoms with Gasteiger partial charge in [0.2, 0.25) is 0 Å². The van der Waals surface area contributed by atoms with Crippen molar-refractivity contribution in [2.75, 3.05) is 13.1 Å². The topological polar surface area (TPSA) is 79.7 Å². The molecule has 1 aromatic carbocycles. The Morgan fingerprint density at radius 1 is 1.25 bits per heavy atom. The Bertz CT molecular complexity index is 1100. The quantitative estimate of drug-likeness (QED) is 0.695. The zero-order chi connectivity index (χ0) is 20.1. The normalized spacial score (nSPS) is 16.1. The van der Waals surface area contributed by atoms with Gasteiger partial charge >= 0.3 is 6.09 Å². The first kappa shape index (κ1) is 18.5. The maximum atomic E-state index is 13.7. The molecule has 0 spiro atoms. The van der Waals surface area contributed by atoms with Crippen LogP contribution in [0.2, 0.25) is 0 Å². The minimum absolute atomic E-state index is 0.106. The van der Waals surface area contributed by atoms with E-state index in [0.29, 0.717) is 42.5 Å². The molecule has 148 valence electrons. The highest BCUT2D eigenvalue weighted by molar-refractivity contribution is 5.91. The summed E-state index contributed by atoms with van der Waals surface area (Å²) >= 11 is 0. The molecule has 1 aliphatic heterocycles. The molecule has 1 saturated heterocycles. The summed E-state index contributed by atoms with van der Waals surface area (Å²) in [6, 6.07) is 5.81. The maximum absolute atomic E-state index is 13.7. The number of carbonyl (C=O) groups is 1. The SMILES string of the molecule is CC(C)(C)OC(=O)N1CCC(c2cc(=O)n3nc4ccc(F)cc4c3[nH]2)CC1. The van der Waals surface area contributed by atoms with Gasteiger partial charge in [0.15, 0.2) is 0 Å². The lowest BCUT2D eigenvalue weighted by Gasteiger charge is -2.33. The van der Waals surface area contributed by atoms with Gasteiger partial charge in [-0.25, -0.2) is 9.18 Å². The Morgan fingerprint density at radius 3 is 2.64 bits per heavy atom. The van der Waals surface area contributed by atoms with Crippen molar-refractivity contribution in [1.29, 1.82) is 0 Å². The molecule has 4 rings (SSSR count). The van der Waals surface area contributed by atoms with Crippen LogP contribution < -0.4 is 5.56 Å². The van der Waals surface area contributed by atoms with Crippen LogP contribution in [0.3, 0.4) is 0 Å². The van der Waals surface area contributed by atoms with Crippen LogP contribution in [0, 0.1) is 5.82 Å². The number of carbonyl (C=O) groups excluding carboxylic acids is 1. The molecule has 0 atom stereocenters. The fourth-order valence-corrected chi connectivity index (χ4v) is 3.62. The lowest BCUT2D eigenvalue weighted by molar-refractivity contribution is 0.0204. The van der Waals surface area contributed by atoms with Crippen LogP contribution in [0.25, 0.3) is 16.6 Å². The van der Waals surface area contributed by atoms with Crippen LogP contribution in [-0.2, 0) is 4.74 Å². The molecule has 0 unspecified atom stereocenters. The van der Waals surface area contributed by atoms with Crippen LogP contribution in [-0.4, -0.2) is 44.3 Å². The predicted molar refractivity (Wildman–Crippen MR) is 103 cm³/mol. The van der Waals surface area contributed by atoms with E-state index in [1.165, 1.54) is 16.6 Å². The summed E-state index contributed by atoms with van der Waals surface area (Å²) in [6.45, 7) is 6.64. The molecule has 2 aromatic heterocycles. The maximum Gasteiger partial charge on any atom is 0.410 e. The van der Waals surface area contributed by atoms with E-state index in [4.69, 9.17) is 4.74 Å². The van der Waals surface area contributed by atoms with Gasteiger partial charge in [0, 0.05) is 36.2 Å². The number of fused-ring (bicyclic) bond motifs is 3. The number of rotatable bonds is 1. The minimum Gasteiger partial charge on any atom is -0.444 e. The third kappa shape index (κ3) is 3.46. The smallest absolute Gasteiger partial charge is 0.410 e. The van der Waals surface area contributed by atoms with Gasteiger partial charge in [-0.3, -0.25) is 4.79 Å². The molecule has 0 bridgehead atoms. The van der Waals surface area contributed by atoms with Crippen LogP contribution in [0.4, 0.5) is 9.18 Å². The van der Waals surface area contributed by atoms with Crippen LogP contribution >= 0.6 is 0 Å². The van der Waals surface area contributed by atoms with Gasteiger partial charge in [-0.15, -0.1) is 0 Å². The average molecular weight is 386 g/mol. The molecule has 3 aromatic rings. The number of halogens is 1. The molecular formula is C20H23FN4O3. The molecule has 8 heteroatoms. The molecule has 1 amide bonds. The van der Waals surface area contributed by atoms with Crippen molar-refractivity contribution < 1.29 is 13.9 Å². The molecule has 3 heterocycles. The zero-order valence-corrected chi connectivity index (χ0v) is 16.2. The van der Waals surface area contributed by atoms with E-state index in [1.54, 1.807) is 17.0 Å². The van der Waals surface area contributed by atoms with Crippen LogP contribution in [0.5, 0.6) is 0 Å². The highest BCUT2D eigenvalue weighted by atomic mass is 19.1. The van der Waals surface area contributed by atoms with Gasteiger partial charge in [-0.05, 0) is 51.8 Å². The van der Waals surface area contributed by atoms with Crippen molar-refractivity contribution in [3.8, 4) is 0 Å². The van der Waals surface area contributed by atoms with E-state index in [0.717, 1.165) is 5.69 Å². The van der Waals surface area contributed by atoms with Gasteiger partial charge in [-0.1, -0.05) is 0 Å². The average Bonchev–Trinajstić information content (AvgIpc) is 2.99. The van der Waals surface area contributed by atoms with Crippen molar-refractivity contribution in [1.82, 2.24) is 19.5 Å². The predicted octanol–water partition coefficient (Wildman–Crippen LogP) is 3.43. The van der Waals surface area contributed by atoms with Crippen molar-refractivity contribution in [3.05, 3.63) is 46.1 Å². The molecule has 0 aliphatic carbocycles. The van der Waals surface area contributed by atoms with Gasteiger partial charge in [0.25, 0.3) is 5.56 Å². The fourth-order valence-electron chi connectivity index (χ4n) is 3.62. The zero-order valence-electron chi connectivity index (χ0n) is 16.2. The second-order valence-corrected chi connectivity index (χ2v) is 8.23. The van der Waals surface area contributed by atoms with Crippen molar-refractivity contribution >= 4 is 22.6 Å². The summed E-state index contributed by atoms with van der Waals surface area (Å²) in [5.74, 6) is -0.269. The number of nitrogens with zero attached hydrogens (tertiary/aromatic N) is 3. The number of H-pyrrole nitrogens is 1. The number of amides is 1. The molecular weight excluding hydrogens is 363 g/mol. The monoisotopic (exact) mass is 386 g/mol. The molecule has 28 heavy (non-hydrogen) atoms. The highest BCUT2D eigenvalue weighted by Crippen LogP contribution is 2.28. The lowest BCUT2D eigenvalue weighted by atomic mass is 9.93. The summed E-state index contributed by atoms with van der Waals surface area (Å²) < 4.78 is 20.3. The first-order chi connectivity index (χ1) is 13.2. The van der Waals surface area contributed by atoms with E-state index < -0.39 is 5.60 Å². The molecule has 1 aliphatic rings. The van der Waals surface area contributed by atoms with E-state index in [-0.39, 0.29) is 23.4 Å². The Balaban J connectivity index is 1.59. The van der Waals surface area contributed by atoms with Crippen LogP contribution in [0.1, 0.15) is 45.2 Å². The van der Waals surface area contributed by atoms with Gasteiger partial charge in [0.05, 0.1) is 5.52 Å². The number of benzene rings is 1. The van der Waals surface area contributed by atoms with Crippen molar-refractivity contribution in [2.24, 2.45) is 0 Å². The molecule has 7 nitrogen and oxygen atoms in total. The highest BCUT2D eigenvalue weighted by Gasteiger charge is 2.28. The Morgan fingerprint density at radius 2 is 1.96 bits per heavy atom.